The van der Waals surface area contributed by atoms with Crippen LogP contribution in [0.3, 0.4) is 0 Å². The van der Waals surface area contributed by atoms with Crippen molar-refractivity contribution in [3.05, 3.63) is 29.6 Å². The lowest BCUT2D eigenvalue weighted by atomic mass is 10.2. The molecule has 6 heteroatoms. The van der Waals surface area contributed by atoms with Gasteiger partial charge >= 0.3 is 5.97 Å². The van der Waals surface area contributed by atoms with E-state index in [1.165, 1.54) is 22.9 Å². The highest BCUT2D eigenvalue weighted by molar-refractivity contribution is 8.00. The van der Waals surface area contributed by atoms with Gasteiger partial charge in [-0.2, -0.15) is 0 Å². The third kappa shape index (κ3) is 2.73. The van der Waals surface area contributed by atoms with Crippen LogP contribution in [0.4, 0.5) is 0 Å². The Kier molecular flexibility index (Phi) is 4.09. The summed E-state index contributed by atoms with van der Waals surface area (Å²) in [6.45, 7) is 3.80. The van der Waals surface area contributed by atoms with Gasteiger partial charge in [-0.15, -0.1) is 11.8 Å². The van der Waals surface area contributed by atoms with E-state index < -0.39 is 12.0 Å². The largest absolute Gasteiger partial charge is 0.480 e. The summed E-state index contributed by atoms with van der Waals surface area (Å²) < 4.78 is 0. The maximum Gasteiger partial charge on any atom is 0.327 e. The molecule has 2 atom stereocenters. The van der Waals surface area contributed by atoms with Crippen LogP contribution in [-0.4, -0.2) is 44.0 Å². The fourth-order valence-corrected chi connectivity index (χ4v) is 3.43. The summed E-state index contributed by atoms with van der Waals surface area (Å²) in [5, 5.41) is 9.14. The van der Waals surface area contributed by atoms with Crippen LogP contribution in [-0.2, 0) is 4.79 Å². The molecular formula is C13H16N2O3S. The van der Waals surface area contributed by atoms with Crippen LogP contribution in [0.2, 0.25) is 0 Å². The lowest BCUT2D eigenvalue weighted by molar-refractivity contribution is -0.141. The summed E-state index contributed by atoms with van der Waals surface area (Å²) in [4.78, 5) is 29.3. The van der Waals surface area contributed by atoms with Gasteiger partial charge < -0.3 is 10.0 Å². The zero-order chi connectivity index (χ0) is 14.0. The highest BCUT2D eigenvalue weighted by Gasteiger charge is 2.41. The van der Waals surface area contributed by atoms with Crippen LogP contribution in [0.15, 0.2) is 18.3 Å². The molecule has 5 nitrogen and oxygen atoms in total. The summed E-state index contributed by atoms with van der Waals surface area (Å²) in [6, 6.07) is 2.70. The Morgan fingerprint density at radius 3 is 2.79 bits per heavy atom. The zero-order valence-corrected chi connectivity index (χ0v) is 11.7. The molecule has 102 valence electrons. The van der Waals surface area contributed by atoms with E-state index in [1.54, 1.807) is 12.1 Å². The molecule has 1 fully saturated rings. The molecule has 1 aliphatic rings. The van der Waals surface area contributed by atoms with Crippen molar-refractivity contribution < 1.29 is 14.7 Å². The number of hydrogen-bond donors (Lipinski definition) is 1. The molecule has 1 saturated heterocycles. The van der Waals surface area contributed by atoms with E-state index in [0.717, 1.165) is 12.1 Å². The summed E-state index contributed by atoms with van der Waals surface area (Å²) in [5.41, 5.74) is 1.27. The molecule has 1 N–H and O–H groups in total. The van der Waals surface area contributed by atoms with Crippen LogP contribution >= 0.6 is 11.8 Å². The van der Waals surface area contributed by atoms with Gasteiger partial charge in [0.15, 0.2) is 0 Å². The minimum atomic E-state index is -0.947. The second-order valence-corrected chi connectivity index (χ2v) is 5.66. The fourth-order valence-electron chi connectivity index (χ4n) is 2.08. The van der Waals surface area contributed by atoms with Crippen molar-refractivity contribution in [3.63, 3.8) is 0 Å². The Labute approximate surface area is 116 Å². The number of hydrogen-bond acceptors (Lipinski definition) is 4. The van der Waals surface area contributed by atoms with Crippen LogP contribution in [0.5, 0.6) is 0 Å². The first-order valence-electron chi connectivity index (χ1n) is 6.14. The maximum atomic E-state index is 12.5. The SMILES string of the molecule is CCC1SCC(C(=O)O)N1C(=O)c1ccc(C)nc1. The zero-order valence-electron chi connectivity index (χ0n) is 10.9. The number of carbonyl (C=O) groups excluding carboxylic acids is 1. The van der Waals surface area contributed by atoms with Crippen molar-refractivity contribution in [3.8, 4) is 0 Å². The van der Waals surface area contributed by atoms with Gasteiger partial charge in [-0.25, -0.2) is 4.79 Å². The third-order valence-corrected chi connectivity index (χ3v) is 4.57. The first kappa shape index (κ1) is 13.9. The quantitative estimate of drug-likeness (QED) is 0.913. The first-order chi connectivity index (χ1) is 9.04. The van der Waals surface area contributed by atoms with E-state index in [0.29, 0.717) is 11.3 Å². The van der Waals surface area contributed by atoms with Crippen LogP contribution in [0.1, 0.15) is 29.4 Å². The second kappa shape index (κ2) is 5.61. The smallest absolute Gasteiger partial charge is 0.327 e. The van der Waals surface area contributed by atoms with E-state index in [9.17, 15) is 14.7 Å². The second-order valence-electron chi connectivity index (χ2n) is 4.45. The van der Waals surface area contributed by atoms with Crippen molar-refractivity contribution in [2.75, 3.05) is 5.75 Å². The molecule has 0 radical (unpaired) electrons. The van der Waals surface area contributed by atoms with E-state index in [-0.39, 0.29) is 11.3 Å². The summed E-state index contributed by atoms with van der Waals surface area (Å²) in [5.74, 6) is -0.757. The maximum absolute atomic E-state index is 12.5. The van der Waals surface area contributed by atoms with Gasteiger partial charge in [0.05, 0.1) is 10.9 Å². The number of nitrogens with zero attached hydrogens (tertiary/aromatic N) is 2. The van der Waals surface area contributed by atoms with Gasteiger partial charge in [-0.05, 0) is 25.5 Å². The topological polar surface area (TPSA) is 70.5 Å². The van der Waals surface area contributed by atoms with E-state index in [1.807, 2.05) is 13.8 Å². The van der Waals surface area contributed by atoms with Gasteiger partial charge in [-0.1, -0.05) is 6.92 Å². The molecule has 0 spiro atoms. The Morgan fingerprint density at radius 2 is 2.26 bits per heavy atom. The molecule has 2 heterocycles. The van der Waals surface area contributed by atoms with Crippen molar-refractivity contribution in [1.29, 1.82) is 0 Å². The van der Waals surface area contributed by atoms with E-state index >= 15 is 0 Å². The molecule has 1 aromatic rings. The number of rotatable bonds is 3. The minimum Gasteiger partial charge on any atom is -0.480 e. The van der Waals surface area contributed by atoms with Crippen LogP contribution in [0, 0.1) is 6.92 Å². The monoisotopic (exact) mass is 280 g/mol. The standard InChI is InChI=1S/C13H16N2O3S/c1-3-11-15(10(7-19-11)13(17)18)12(16)9-5-4-8(2)14-6-9/h4-6,10-11H,3,7H2,1-2H3,(H,17,18). The molecule has 0 saturated carbocycles. The number of pyridine rings is 1. The van der Waals surface area contributed by atoms with Crippen molar-refractivity contribution in [2.45, 2.75) is 31.7 Å². The van der Waals surface area contributed by atoms with Crippen molar-refractivity contribution in [2.24, 2.45) is 0 Å². The number of carboxylic acid groups (broad SMARTS) is 1. The molecule has 1 aromatic heterocycles. The predicted octanol–water partition coefficient (Wildman–Crippen LogP) is 1.77. The number of aromatic nitrogens is 1. The summed E-state index contributed by atoms with van der Waals surface area (Å²) in [6.07, 6.45) is 2.24. The predicted molar refractivity (Wildman–Crippen MR) is 73.1 cm³/mol. The third-order valence-electron chi connectivity index (χ3n) is 3.12. The normalized spacial score (nSPS) is 22.5. The number of thioether (sulfide) groups is 1. The molecule has 0 aromatic carbocycles. The van der Waals surface area contributed by atoms with Gasteiger partial charge in [0, 0.05) is 17.6 Å². The fraction of sp³-hybridized carbons (Fsp3) is 0.462. The number of aliphatic carboxylic acids is 1. The Morgan fingerprint density at radius 1 is 1.53 bits per heavy atom. The van der Waals surface area contributed by atoms with Gasteiger partial charge in [0.1, 0.15) is 6.04 Å². The van der Waals surface area contributed by atoms with Gasteiger partial charge in [0.25, 0.3) is 5.91 Å². The minimum absolute atomic E-state index is 0.0742. The number of amides is 1. The Balaban J connectivity index is 2.28. The van der Waals surface area contributed by atoms with Crippen molar-refractivity contribution >= 4 is 23.6 Å². The van der Waals surface area contributed by atoms with Gasteiger partial charge in [-0.3, -0.25) is 9.78 Å². The lowest BCUT2D eigenvalue weighted by Crippen LogP contribution is -2.45. The number of carboxylic acids is 1. The lowest BCUT2D eigenvalue weighted by Gasteiger charge is -2.26. The average molecular weight is 280 g/mol. The Hall–Kier alpha value is -1.56. The summed E-state index contributed by atoms with van der Waals surface area (Å²) >= 11 is 1.52. The summed E-state index contributed by atoms with van der Waals surface area (Å²) in [7, 11) is 0. The molecule has 2 rings (SSSR count). The molecule has 1 amide bonds. The molecule has 2 unspecified atom stereocenters. The number of carbonyl (C=O) groups is 2. The molecule has 19 heavy (non-hydrogen) atoms. The average Bonchev–Trinajstić information content (AvgIpc) is 2.82. The number of aryl methyl sites for hydroxylation is 1. The van der Waals surface area contributed by atoms with E-state index in [2.05, 4.69) is 4.98 Å². The van der Waals surface area contributed by atoms with Crippen molar-refractivity contribution in [1.82, 2.24) is 9.88 Å². The molecule has 1 aliphatic heterocycles. The first-order valence-corrected chi connectivity index (χ1v) is 7.19. The Bertz CT molecular complexity index is 489. The van der Waals surface area contributed by atoms with Gasteiger partial charge in [0.2, 0.25) is 0 Å². The highest BCUT2D eigenvalue weighted by atomic mass is 32.2. The van der Waals surface area contributed by atoms with E-state index in [4.69, 9.17) is 0 Å². The highest BCUT2D eigenvalue weighted by Crippen LogP contribution is 2.32. The van der Waals surface area contributed by atoms with Crippen LogP contribution < -0.4 is 0 Å². The molecule has 0 bridgehead atoms. The molecular weight excluding hydrogens is 264 g/mol. The molecule has 0 aliphatic carbocycles. The van der Waals surface area contributed by atoms with Crippen LogP contribution in [0.25, 0.3) is 0 Å².